The minimum absolute atomic E-state index is 0.0878. The van der Waals surface area contributed by atoms with Gasteiger partial charge in [-0.05, 0) is 6.54 Å². The molecule has 2 unspecified atom stereocenters. The van der Waals surface area contributed by atoms with E-state index in [1.54, 1.807) is 6.20 Å². The van der Waals surface area contributed by atoms with Gasteiger partial charge < -0.3 is 9.84 Å². The predicted octanol–water partition coefficient (Wildman–Crippen LogP) is 1.72. The van der Waals surface area contributed by atoms with Crippen molar-refractivity contribution >= 4 is 28.9 Å². The van der Waals surface area contributed by atoms with Crippen LogP contribution in [-0.4, -0.2) is 46.8 Å². The first-order valence-electron chi connectivity index (χ1n) is 5.76. The van der Waals surface area contributed by atoms with Crippen LogP contribution in [0.5, 0.6) is 0 Å². The van der Waals surface area contributed by atoms with E-state index in [0.717, 1.165) is 11.6 Å². The SMILES string of the molecule is CCN(Cc1ncc(Cl)s1)C1COCC1C(=O)O. The number of aromatic nitrogens is 1. The molecule has 100 valence electrons. The van der Waals surface area contributed by atoms with Crippen LogP contribution in [0, 0.1) is 5.92 Å². The first kappa shape index (κ1) is 13.7. The van der Waals surface area contributed by atoms with Crippen LogP contribution in [0.1, 0.15) is 11.9 Å². The number of likely N-dealkylation sites (N-methyl/N-ethyl adjacent to an activating group) is 1. The fourth-order valence-corrected chi connectivity index (χ4v) is 3.12. The highest BCUT2D eigenvalue weighted by atomic mass is 35.5. The van der Waals surface area contributed by atoms with Crippen molar-refractivity contribution in [1.29, 1.82) is 0 Å². The molecule has 1 saturated heterocycles. The lowest BCUT2D eigenvalue weighted by atomic mass is 10.0. The third-order valence-corrected chi connectivity index (χ3v) is 4.21. The average molecular weight is 291 g/mol. The van der Waals surface area contributed by atoms with Crippen molar-refractivity contribution in [1.82, 2.24) is 9.88 Å². The first-order chi connectivity index (χ1) is 8.61. The second-order valence-corrected chi connectivity index (χ2v) is 5.92. The maximum atomic E-state index is 11.1. The number of rotatable bonds is 5. The molecule has 0 radical (unpaired) electrons. The molecule has 1 aliphatic heterocycles. The number of thiazole rings is 1. The molecule has 0 amide bonds. The van der Waals surface area contributed by atoms with Gasteiger partial charge in [0.2, 0.25) is 0 Å². The normalized spacial score (nSPS) is 23.7. The molecule has 2 rings (SSSR count). The predicted molar refractivity (Wildman–Crippen MR) is 68.9 cm³/mol. The Bertz CT molecular complexity index is 426. The van der Waals surface area contributed by atoms with Crippen LogP contribution in [-0.2, 0) is 16.1 Å². The molecule has 2 heterocycles. The van der Waals surface area contributed by atoms with E-state index in [-0.39, 0.29) is 12.6 Å². The summed E-state index contributed by atoms with van der Waals surface area (Å²) in [6, 6.07) is -0.0878. The monoisotopic (exact) mass is 290 g/mol. The first-order valence-corrected chi connectivity index (χ1v) is 6.96. The molecule has 18 heavy (non-hydrogen) atoms. The minimum atomic E-state index is -0.798. The van der Waals surface area contributed by atoms with Gasteiger partial charge in [-0.25, -0.2) is 4.98 Å². The summed E-state index contributed by atoms with van der Waals surface area (Å²) < 4.78 is 5.94. The Morgan fingerprint density at radius 3 is 3.06 bits per heavy atom. The quantitative estimate of drug-likeness (QED) is 0.894. The number of ether oxygens (including phenoxy) is 1. The highest BCUT2D eigenvalue weighted by Crippen LogP contribution is 2.24. The van der Waals surface area contributed by atoms with E-state index in [2.05, 4.69) is 9.88 Å². The van der Waals surface area contributed by atoms with Crippen molar-refractivity contribution in [3.63, 3.8) is 0 Å². The summed E-state index contributed by atoms with van der Waals surface area (Å²) in [4.78, 5) is 17.4. The van der Waals surface area contributed by atoms with E-state index in [0.29, 0.717) is 17.5 Å². The van der Waals surface area contributed by atoms with Crippen molar-refractivity contribution in [2.24, 2.45) is 5.92 Å². The molecule has 7 heteroatoms. The van der Waals surface area contributed by atoms with Crippen LogP contribution in [0.25, 0.3) is 0 Å². The molecule has 1 aromatic rings. The Hall–Kier alpha value is -0.690. The van der Waals surface area contributed by atoms with E-state index >= 15 is 0 Å². The van der Waals surface area contributed by atoms with Gasteiger partial charge in [-0.3, -0.25) is 9.69 Å². The van der Waals surface area contributed by atoms with Gasteiger partial charge in [0.15, 0.2) is 0 Å². The summed E-state index contributed by atoms with van der Waals surface area (Å²) in [7, 11) is 0. The number of carbonyl (C=O) groups is 1. The standard InChI is InChI=1S/C11H15ClN2O3S/c1-2-14(4-10-13-3-9(12)18-10)8-6-17-5-7(8)11(15)16/h3,7-8H,2,4-6H2,1H3,(H,15,16). The van der Waals surface area contributed by atoms with Crippen molar-refractivity contribution in [3.05, 3.63) is 15.5 Å². The summed E-state index contributed by atoms with van der Waals surface area (Å²) in [5, 5.41) is 10.1. The second-order valence-electron chi connectivity index (χ2n) is 4.17. The molecule has 0 saturated carbocycles. The van der Waals surface area contributed by atoms with E-state index in [1.807, 2.05) is 6.92 Å². The summed E-state index contributed by atoms with van der Waals surface area (Å²) in [5.41, 5.74) is 0. The average Bonchev–Trinajstić information content (AvgIpc) is 2.94. The lowest BCUT2D eigenvalue weighted by molar-refractivity contribution is -0.143. The van der Waals surface area contributed by atoms with Gasteiger partial charge in [0.1, 0.15) is 9.34 Å². The maximum Gasteiger partial charge on any atom is 0.310 e. The smallest absolute Gasteiger partial charge is 0.310 e. The zero-order chi connectivity index (χ0) is 13.1. The second kappa shape index (κ2) is 5.97. The van der Waals surface area contributed by atoms with E-state index in [1.165, 1.54) is 11.3 Å². The number of hydrogen-bond acceptors (Lipinski definition) is 5. The van der Waals surface area contributed by atoms with E-state index in [4.69, 9.17) is 21.4 Å². The number of aliphatic carboxylic acids is 1. The lowest BCUT2D eigenvalue weighted by Crippen LogP contribution is -2.42. The molecule has 1 aromatic heterocycles. The fraction of sp³-hybridized carbons (Fsp3) is 0.636. The van der Waals surface area contributed by atoms with Gasteiger partial charge in [0.25, 0.3) is 0 Å². The van der Waals surface area contributed by atoms with Gasteiger partial charge >= 0.3 is 5.97 Å². The lowest BCUT2D eigenvalue weighted by Gasteiger charge is -2.28. The summed E-state index contributed by atoms with van der Waals surface area (Å²) in [5.74, 6) is -1.26. The minimum Gasteiger partial charge on any atom is -0.481 e. The highest BCUT2D eigenvalue weighted by molar-refractivity contribution is 7.15. The van der Waals surface area contributed by atoms with Gasteiger partial charge in [-0.1, -0.05) is 18.5 Å². The van der Waals surface area contributed by atoms with Crippen LogP contribution < -0.4 is 0 Å². The van der Waals surface area contributed by atoms with Crippen LogP contribution in [0.4, 0.5) is 0 Å². The molecule has 0 aromatic carbocycles. The maximum absolute atomic E-state index is 11.1. The molecular formula is C11H15ClN2O3S. The van der Waals surface area contributed by atoms with Crippen molar-refractivity contribution in [2.75, 3.05) is 19.8 Å². The summed E-state index contributed by atoms with van der Waals surface area (Å²) >= 11 is 7.27. The zero-order valence-corrected chi connectivity index (χ0v) is 11.6. The third-order valence-electron chi connectivity index (χ3n) is 3.11. The third kappa shape index (κ3) is 3.00. The highest BCUT2D eigenvalue weighted by Gasteiger charge is 2.37. The fourth-order valence-electron chi connectivity index (χ4n) is 2.14. The molecular weight excluding hydrogens is 276 g/mol. The number of nitrogens with zero attached hydrogens (tertiary/aromatic N) is 2. The molecule has 1 fully saturated rings. The van der Waals surface area contributed by atoms with Crippen molar-refractivity contribution in [3.8, 4) is 0 Å². The summed E-state index contributed by atoms with van der Waals surface area (Å²) in [6.07, 6.45) is 1.62. The van der Waals surface area contributed by atoms with Gasteiger partial charge in [-0.2, -0.15) is 0 Å². The molecule has 1 N–H and O–H groups in total. The molecule has 0 aliphatic carbocycles. The molecule has 1 aliphatic rings. The molecule has 0 spiro atoms. The van der Waals surface area contributed by atoms with Gasteiger partial charge in [0.05, 0.1) is 31.9 Å². The van der Waals surface area contributed by atoms with Gasteiger partial charge in [0, 0.05) is 6.04 Å². The largest absolute Gasteiger partial charge is 0.481 e. The Labute approximate surface area is 114 Å². The number of hydrogen-bond donors (Lipinski definition) is 1. The van der Waals surface area contributed by atoms with E-state index in [9.17, 15) is 4.79 Å². The molecule has 0 bridgehead atoms. The Morgan fingerprint density at radius 2 is 2.50 bits per heavy atom. The Balaban J connectivity index is 2.06. The molecule has 2 atom stereocenters. The Morgan fingerprint density at radius 1 is 1.72 bits per heavy atom. The number of carboxylic acid groups (broad SMARTS) is 1. The van der Waals surface area contributed by atoms with E-state index < -0.39 is 11.9 Å². The van der Waals surface area contributed by atoms with Crippen molar-refractivity contribution in [2.45, 2.75) is 19.5 Å². The molecule has 5 nitrogen and oxygen atoms in total. The van der Waals surface area contributed by atoms with Crippen LogP contribution >= 0.6 is 22.9 Å². The zero-order valence-electron chi connectivity index (χ0n) is 10.0. The van der Waals surface area contributed by atoms with Crippen molar-refractivity contribution < 1.29 is 14.6 Å². The number of carboxylic acids is 1. The van der Waals surface area contributed by atoms with Gasteiger partial charge in [-0.15, -0.1) is 11.3 Å². The Kier molecular flexibility index (Phi) is 4.55. The van der Waals surface area contributed by atoms with Crippen LogP contribution in [0.15, 0.2) is 6.20 Å². The van der Waals surface area contributed by atoms with Crippen LogP contribution in [0.2, 0.25) is 4.34 Å². The number of halogens is 1. The van der Waals surface area contributed by atoms with Crippen LogP contribution in [0.3, 0.4) is 0 Å². The summed E-state index contributed by atoms with van der Waals surface area (Å²) in [6.45, 7) is 4.13. The topological polar surface area (TPSA) is 62.7 Å².